The Morgan fingerprint density at radius 1 is 1.41 bits per heavy atom. The highest BCUT2D eigenvalue weighted by molar-refractivity contribution is 7.93. The zero-order chi connectivity index (χ0) is 13.1. The maximum atomic E-state index is 12.1. The predicted molar refractivity (Wildman–Crippen MR) is 68.2 cm³/mol. The molecular formula is C12H16N2O2S. The molecule has 17 heavy (non-hydrogen) atoms. The van der Waals surface area contributed by atoms with Gasteiger partial charge in [0.1, 0.15) is 0 Å². The first-order chi connectivity index (χ1) is 7.95. The van der Waals surface area contributed by atoms with Gasteiger partial charge < -0.3 is 0 Å². The first-order valence-electron chi connectivity index (χ1n) is 5.38. The molecule has 1 rings (SSSR count). The highest BCUT2D eigenvalue weighted by Gasteiger charge is 2.29. The molecule has 92 valence electrons. The van der Waals surface area contributed by atoms with Gasteiger partial charge in [-0.1, -0.05) is 25.1 Å². The third-order valence-electron chi connectivity index (χ3n) is 2.71. The summed E-state index contributed by atoms with van der Waals surface area (Å²) in [5, 5.41) is 7.88. The first kappa shape index (κ1) is 13.5. The van der Waals surface area contributed by atoms with Gasteiger partial charge in [0.2, 0.25) is 0 Å². The van der Waals surface area contributed by atoms with E-state index in [9.17, 15) is 8.42 Å². The Balaban J connectivity index is 3.19. The summed E-state index contributed by atoms with van der Waals surface area (Å²) < 4.78 is 25.5. The van der Waals surface area contributed by atoms with Crippen molar-refractivity contribution in [2.75, 3.05) is 11.4 Å². The van der Waals surface area contributed by atoms with Crippen LogP contribution in [-0.2, 0) is 10.0 Å². The number of hydrogen-bond donors (Lipinski definition) is 0. The molecule has 0 aliphatic carbocycles. The largest absolute Gasteiger partial charge is 0.272 e. The van der Waals surface area contributed by atoms with E-state index in [1.807, 2.05) is 25.1 Å². The van der Waals surface area contributed by atoms with Gasteiger partial charge in [0.25, 0.3) is 10.0 Å². The molecule has 1 aromatic rings. The lowest BCUT2D eigenvalue weighted by Gasteiger charge is -2.23. The first-order valence-corrected chi connectivity index (χ1v) is 6.88. The fraction of sp³-hybridized carbons (Fsp3) is 0.417. The topological polar surface area (TPSA) is 61.2 Å². The Morgan fingerprint density at radius 3 is 2.47 bits per heavy atom. The third-order valence-corrected chi connectivity index (χ3v) is 4.83. The Labute approximate surface area is 103 Å². The van der Waals surface area contributed by atoms with Gasteiger partial charge in [0, 0.05) is 7.05 Å². The highest BCUT2D eigenvalue weighted by Crippen LogP contribution is 2.23. The molecule has 0 aromatic heterocycles. The summed E-state index contributed by atoms with van der Waals surface area (Å²) in [4.78, 5) is 0. The van der Waals surface area contributed by atoms with Crippen LogP contribution in [-0.4, -0.2) is 20.7 Å². The second-order valence-electron chi connectivity index (χ2n) is 3.82. The Hall–Kier alpha value is -1.54. The molecule has 0 spiro atoms. The van der Waals surface area contributed by atoms with Gasteiger partial charge in [-0.3, -0.25) is 4.31 Å². The van der Waals surface area contributed by atoms with E-state index in [2.05, 4.69) is 0 Å². The minimum absolute atomic E-state index is 0.287. The van der Waals surface area contributed by atoms with Crippen LogP contribution in [0.4, 0.5) is 5.69 Å². The summed E-state index contributed by atoms with van der Waals surface area (Å²) in [6.07, 6.45) is 0.287. The van der Waals surface area contributed by atoms with Crippen LogP contribution in [0.5, 0.6) is 0 Å². The molecule has 5 heteroatoms. The molecule has 0 amide bonds. The molecule has 0 N–H and O–H groups in total. The minimum atomic E-state index is -3.60. The highest BCUT2D eigenvalue weighted by atomic mass is 32.2. The second kappa shape index (κ2) is 5.19. The van der Waals surface area contributed by atoms with Crippen molar-refractivity contribution in [2.24, 2.45) is 0 Å². The monoisotopic (exact) mass is 252 g/mol. The lowest BCUT2D eigenvalue weighted by Crippen LogP contribution is -2.35. The molecule has 0 bridgehead atoms. The van der Waals surface area contributed by atoms with E-state index in [1.165, 1.54) is 11.4 Å². The number of anilines is 1. The molecule has 0 aliphatic rings. The molecule has 0 aliphatic heterocycles. The van der Waals surface area contributed by atoms with E-state index >= 15 is 0 Å². The van der Waals surface area contributed by atoms with Crippen LogP contribution in [0.25, 0.3) is 0 Å². The molecule has 0 heterocycles. The smallest absolute Gasteiger partial charge is 0.251 e. The van der Waals surface area contributed by atoms with E-state index in [-0.39, 0.29) is 6.42 Å². The molecule has 1 unspecified atom stereocenters. The van der Waals surface area contributed by atoms with Gasteiger partial charge in [-0.05, 0) is 25.0 Å². The summed E-state index contributed by atoms with van der Waals surface area (Å²) in [6.45, 7) is 3.53. The summed E-state index contributed by atoms with van der Waals surface area (Å²) >= 11 is 0. The van der Waals surface area contributed by atoms with Crippen molar-refractivity contribution in [1.82, 2.24) is 0 Å². The number of aryl methyl sites for hydroxylation is 1. The molecule has 1 aromatic carbocycles. The fourth-order valence-electron chi connectivity index (χ4n) is 1.61. The Bertz CT molecular complexity index is 532. The number of rotatable bonds is 4. The number of para-hydroxylation sites is 1. The second-order valence-corrected chi connectivity index (χ2v) is 5.97. The SMILES string of the molecule is CCC(C#N)S(=O)(=O)N(C)c1ccccc1C. The summed E-state index contributed by atoms with van der Waals surface area (Å²) in [6, 6.07) is 9.04. The summed E-state index contributed by atoms with van der Waals surface area (Å²) in [5.74, 6) is 0. The molecule has 0 fully saturated rings. The van der Waals surface area contributed by atoms with Crippen molar-refractivity contribution in [3.63, 3.8) is 0 Å². The summed E-state index contributed by atoms with van der Waals surface area (Å²) in [7, 11) is -2.12. The lowest BCUT2D eigenvalue weighted by molar-refractivity contribution is 0.585. The molecule has 0 saturated heterocycles. The number of hydrogen-bond acceptors (Lipinski definition) is 3. The molecule has 4 nitrogen and oxygen atoms in total. The number of benzene rings is 1. The van der Waals surface area contributed by atoms with Crippen molar-refractivity contribution in [2.45, 2.75) is 25.5 Å². The van der Waals surface area contributed by atoms with Crippen LogP contribution in [0.2, 0.25) is 0 Å². The van der Waals surface area contributed by atoms with Crippen LogP contribution < -0.4 is 4.31 Å². The predicted octanol–water partition coefficient (Wildman–Crippen LogP) is 2.06. The summed E-state index contributed by atoms with van der Waals surface area (Å²) in [5.41, 5.74) is 1.48. The van der Waals surface area contributed by atoms with Gasteiger partial charge in [-0.15, -0.1) is 0 Å². The maximum Gasteiger partial charge on any atom is 0.251 e. The number of nitrogens with zero attached hydrogens (tertiary/aromatic N) is 2. The lowest BCUT2D eigenvalue weighted by atomic mass is 10.2. The van der Waals surface area contributed by atoms with Gasteiger partial charge in [0.15, 0.2) is 5.25 Å². The van der Waals surface area contributed by atoms with Crippen LogP contribution in [0.1, 0.15) is 18.9 Å². The van der Waals surface area contributed by atoms with Crippen LogP contribution in [0.3, 0.4) is 0 Å². The van der Waals surface area contributed by atoms with Gasteiger partial charge in [-0.25, -0.2) is 8.42 Å². The zero-order valence-electron chi connectivity index (χ0n) is 10.2. The number of sulfonamides is 1. The third kappa shape index (κ3) is 2.59. The van der Waals surface area contributed by atoms with Crippen LogP contribution in [0, 0.1) is 18.3 Å². The average molecular weight is 252 g/mol. The Morgan fingerprint density at radius 2 is 2.00 bits per heavy atom. The zero-order valence-corrected chi connectivity index (χ0v) is 11.0. The van der Waals surface area contributed by atoms with Gasteiger partial charge in [0.05, 0.1) is 11.8 Å². The van der Waals surface area contributed by atoms with Crippen LogP contribution >= 0.6 is 0 Å². The van der Waals surface area contributed by atoms with Crippen LogP contribution in [0.15, 0.2) is 24.3 Å². The van der Waals surface area contributed by atoms with Crippen molar-refractivity contribution >= 4 is 15.7 Å². The van der Waals surface area contributed by atoms with Crippen molar-refractivity contribution in [1.29, 1.82) is 5.26 Å². The normalized spacial score (nSPS) is 12.8. The van der Waals surface area contributed by atoms with Gasteiger partial charge >= 0.3 is 0 Å². The van der Waals surface area contributed by atoms with E-state index in [1.54, 1.807) is 19.1 Å². The quantitative estimate of drug-likeness (QED) is 0.824. The van der Waals surface area contributed by atoms with Gasteiger partial charge in [-0.2, -0.15) is 5.26 Å². The number of nitriles is 1. The van der Waals surface area contributed by atoms with Crippen molar-refractivity contribution in [3.05, 3.63) is 29.8 Å². The maximum absolute atomic E-state index is 12.1. The fourth-order valence-corrected chi connectivity index (χ4v) is 3.03. The van der Waals surface area contributed by atoms with E-state index in [4.69, 9.17) is 5.26 Å². The van der Waals surface area contributed by atoms with E-state index in [0.29, 0.717) is 5.69 Å². The minimum Gasteiger partial charge on any atom is -0.272 e. The molecule has 0 saturated carbocycles. The Kier molecular flexibility index (Phi) is 4.13. The van der Waals surface area contributed by atoms with Crippen molar-refractivity contribution < 1.29 is 8.42 Å². The molecule has 1 atom stereocenters. The average Bonchev–Trinajstić information content (AvgIpc) is 2.30. The van der Waals surface area contributed by atoms with E-state index in [0.717, 1.165) is 5.56 Å². The standard InChI is InChI=1S/C12H16N2O2S/c1-4-11(9-13)17(15,16)14(3)12-8-6-5-7-10(12)2/h5-8,11H,4H2,1-3H3. The van der Waals surface area contributed by atoms with Crippen molar-refractivity contribution in [3.8, 4) is 6.07 Å². The van der Waals surface area contributed by atoms with E-state index < -0.39 is 15.3 Å². The molecule has 0 radical (unpaired) electrons. The molecular weight excluding hydrogens is 236 g/mol.